The lowest BCUT2D eigenvalue weighted by molar-refractivity contribution is 0.919. The molecule has 0 aliphatic heterocycles. The van der Waals surface area contributed by atoms with E-state index in [0.29, 0.717) is 0 Å². The van der Waals surface area contributed by atoms with Crippen LogP contribution in [0.25, 0.3) is 0 Å². The number of para-hydroxylation sites is 1. The largest absolute Gasteiger partial charge is 0.382 e. The molecule has 1 fully saturated rings. The van der Waals surface area contributed by atoms with Crippen LogP contribution < -0.4 is 5.32 Å². The summed E-state index contributed by atoms with van der Waals surface area (Å²) in [5, 5.41) is 3.57. The maximum absolute atomic E-state index is 3.57. The van der Waals surface area contributed by atoms with Gasteiger partial charge >= 0.3 is 0 Å². The third-order valence-corrected chi connectivity index (χ3v) is 2.47. The van der Waals surface area contributed by atoms with Crippen LogP contribution in [0.15, 0.2) is 24.3 Å². The van der Waals surface area contributed by atoms with Crippen LogP contribution in [0, 0.1) is 0 Å². The summed E-state index contributed by atoms with van der Waals surface area (Å²) >= 11 is 0. The van der Waals surface area contributed by atoms with E-state index in [1.54, 1.807) is 0 Å². The Balaban J connectivity index is 2.10. The molecule has 2 rings (SSSR count). The molecule has 0 radical (unpaired) electrons. The smallest absolute Gasteiger partial charge is 0.0374 e. The SMILES string of the molecule is CCCc1ccccc1NC1CC1. The fourth-order valence-electron chi connectivity index (χ4n) is 1.60. The van der Waals surface area contributed by atoms with Gasteiger partial charge in [-0.1, -0.05) is 31.5 Å². The Labute approximate surface area is 80.2 Å². The van der Waals surface area contributed by atoms with Gasteiger partial charge in [0.15, 0.2) is 0 Å². The average Bonchev–Trinajstić information content (AvgIpc) is 2.93. The fraction of sp³-hybridized carbons (Fsp3) is 0.500. The van der Waals surface area contributed by atoms with Gasteiger partial charge in [0.25, 0.3) is 0 Å². The highest BCUT2D eigenvalue weighted by Crippen LogP contribution is 2.27. The topological polar surface area (TPSA) is 12.0 Å². The van der Waals surface area contributed by atoms with Crippen molar-refractivity contribution in [1.29, 1.82) is 0 Å². The van der Waals surface area contributed by atoms with Crippen molar-refractivity contribution in [2.45, 2.75) is 38.6 Å². The molecule has 1 aromatic carbocycles. The standard InChI is InChI=1S/C12H17N/c1-2-5-10-6-3-4-7-12(10)13-11-8-9-11/h3-4,6-7,11,13H,2,5,8-9H2,1H3. The predicted octanol–water partition coefficient (Wildman–Crippen LogP) is 3.21. The van der Waals surface area contributed by atoms with E-state index in [1.807, 2.05) is 0 Å². The van der Waals surface area contributed by atoms with Crippen molar-refractivity contribution in [3.63, 3.8) is 0 Å². The first-order chi connectivity index (χ1) is 6.40. The first kappa shape index (κ1) is 8.61. The normalized spacial score (nSPS) is 15.8. The number of rotatable bonds is 4. The van der Waals surface area contributed by atoms with Gasteiger partial charge in [0.1, 0.15) is 0 Å². The molecule has 0 amide bonds. The zero-order chi connectivity index (χ0) is 9.10. The average molecular weight is 175 g/mol. The Hall–Kier alpha value is -0.980. The number of anilines is 1. The lowest BCUT2D eigenvalue weighted by atomic mass is 10.1. The van der Waals surface area contributed by atoms with Crippen molar-refractivity contribution >= 4 is 5.69 Å². The number of hydrogen-bond acceptors (Lipinski definition) is 1. The van der Waals surface area contributed by atoms with Crippen LogP contribution in [-0.2, 0) is 6.42 Å². The first-order valence-corrected chi connectivity index (χ1v) is 5.24. The zero-order valence-electron chi connectivity index (χ0n) is 8.22. The van der Waals surface area contributed by atoms with E-state index in [-0.39, 0.29) is 0 Å². The van der Waals surface area contributed by atoms with E-state index in [4.69, 9.17) is 0 Å². The van der Waals surface area contributed by atoms with Crippen LogP contribution in [0.5, 0.6) is 0 Å². The predicted molar refractivity (Wildman–Crippen MR) is 57.1 cm³/mol. The third kappa shape index (κ3) is 2.24. The fourth-order valence-corrected chi connectivity index (χ4v) is 1.60. The van der Waals surface area contributed by atoms with Crippen molar-refractivity contribution in [1.82, 2.24) is 0 Å². The van der Waals surface area contributed by atoms with Gasteiger partial charge in [0.2, 0.25) is 0 Å². The van der Waals surface area contributed by atoms with Gasteiger partial charge in [-0.25, -0.2) is 0 Å². The second kappa shape index (κ2) is 3.82. The van der Waals surface area contributed by atoms with E-state index >= 15 is 0 Å². The summed E-state index contributed by atoms with van der Waals surface area (Å²) in [6, 6.07) is 9.43. The molecule has 1 aliphatic rings. The van der Waals surface area contributed by atoms with Crippen LogP contribution in [0.3, 0.4) is 0 Å². The molecule has 1 aromatic rings. The van der Waals surface area contributed by atoms with Crippen LogP contribution in [0.2, 0.25) is 0 Å². The molecule has 1 aliphatic carbocycles. The summed E-state index contributed by atoms with van der Waals surface area (Å²) in [6.45, 7) is 2.23. The molecule has 70 valence electrons. The lowest BCUT2D eigenvalue weighted by Gasteiger charge is -2.09. The number of aryl methyl sites for hydroxylation is 1. The van der Waals surface area contributed by atoms with Crippen molar-refractivity contribution in [2.75, 3.05) is 5.32 Å². The second-order valence-corrected chi connectivity index (χ2v) is 3.83. The van der Waals surface area contributed by atoms with Crippen LogP contribution in [0.4, 0.5) is 5.69 Å². The number of nitrogens with one attached hydrogen (secondary N) is 1. The Kier molecular flexibility index (Phi) is 2.53. The summed E-state index contributed by atoms with van der Waals surface area (Å²) in [5.41, 5.74) is 2.82. The Bertz CT molecular complexity index is 276. The van der Waals surface area contributed by atoms with Gasteiger partial charge in [0, 0.05) is 11.7 Å². The molecule has 1 N–H and O–H groups in total. The minimum absolute atomic E-state index is 0.762. The van der Waals surface area contributed by atoms with Crippen molar-refractivity contribution in [3.8, 4) is 0 Å². The Morgan fingerprint density at radius 1 is 1.31 bits per heavy atom. The molecule has 1 heteroatoms. The van der Waals surface area contributed by atoms with Crippen LogP contribution >= 0.6 is 0 Å². The quantitative estimate of drug-likeness (QED) is 0.741. The van der Waals surface area contributed by atoms with Crippen molar-refractivity contribution in [3.05, 3.63) is 29.8 Å². The van der Waals surface area contributed by atoms with E-state index in [9.17, 15) is 0 Å². The highest BCUT2D eigenvalue weighted by molar-refractivity contribution is 5.52. The molecule has 0 aromatic heterocycles. The minimum Gasteiger partial charge on any atom is -0.382 e. The summed E-state index contributed by atoms with van der Waals surface area (Å²) in [7, 11) is 0. The van der Waals surface area contributed by atoms with E-state index in [2.05, 4.69) is 36.5 Å². The highest BCUT2D eigenvalue weighted by atomic mass is 15.0. The summed E-state index contributed by atoms with van der Waals surface area (Å²) in [5.74, 6) is 0. The van der Waals surface area contributed by atoms with Crippen LogP contribution in [-0.4, -0.2) is 6.04 Å². The summed E-state index contributed by atoms with van der Waals surface area (Å²) in [4.78, 5) is 0. The molecule has 13 heavy (non-hydrogen) atoms. The maximum Gasteiger partial charge on any atom is 0.0374 e. The van der Waals surface area contributed by atoms with Crippen molar-refractivity contribution < 1.29 is 0 Å². The molecular weight excluding hydrogens is 158 g/mol. The Morgan fingerprint density at radius 2 is 2.08 bits per heavy atom. The molecule has 0 heterocycles. The van der Waals surface area contributed by atoms with E-state index in [1.165, 1.54) is 36.9 Å². The monoisotopic (exact) mass is 175 g/mol. The molecule has 0 unspecified atom stereocenters. The molecule has 0 saturated heterocycles. The Morgan fingerprint density at radius 3 is 2.77 bits per heavy atom. The zero-order valence-corrected chi connectivity index (χ0v) is 8.22. The van der Waals surface area contributed by atoms with E-state index < -0.39 is 0 Å². The molecule has 1 nitrogen and oxygen atoms in total. The first-order valence-electron chi connectivity index (χ1n) is 5.24. The minimum atomic E-state index is 0.762. The van der Waals surface area contributed by atoms with Gasteiger partial charge in [0.05, 0.1) is 0 Å². The number of benzene rings is 1. The molecular formula is C12H17N. The van der Waals surface area contributed by atoms with Crippen molar-refractivity contribution in [2.24, 2.45) is 0 Å². The van der Waals surface area contributed by atoms with Crippen LogP contribution in [0.1, 0.15) is 31.7 Å². The lowest BCUT2D eigenvalue weighted by Crippen LogP contribution is -2.03. The highest BCUT2D eigenvalue weighted by Gasteiger charge is 2.21. The molecule has 1 saturated carbocycles. The van der Waals surface area contributed by atoms with Gasteiger partial charge in [-0.2, -0.15) is 0 Å². The third-order valence-electron chi connectivity index (χ3n) is 2.47. The van der Waals surface area contributed by atoms with Gasteiger partial charge in [-0.3, -0.25) is 0 Å². The van der Waals surface area contributed by atoms with Gasteiger partial charge in [-0.05, 0) is 30.9 Å². The number of hydrogen-bond donors (Lipinski definition) is 1. The summed E-state index contributed by atoms with van der Waals surface area (Å²) < 4.78 is 0. The summed E-state index contributed by atoms with van der Waals surface area (Å²) in [6.07, 6.45) is 5.11. The molecule has 0 spiro atoms. The molecule has 0 bridgehead atoms. The molecule has 0 atom stereocenters. The van der Waals surface area contributed by atoms with Gasteiger partial charge < -0.3 is 5.32 Å². The van der Waals surface area contributed by atoms with E-state index in [0.717, 1.165) is 6.04 Å². The second-order valence-electron chi connectivity index (χ2n) is 3.83. The maximum atomic E-state index is 3.57. The van der Waals surface area contributed by atoms with Gasteiger partial charge in [-0.15, -0.1) is 0 Å².